The number of hydrogen-bond acceptors (Lipinski definition) is 4. The molecule has 0 saturated carbocycles. The number of aliphatic hydroxyl groups excluding tert-OH is 1. The first-order chi connectivity index (χ1) is 7.18. The van der Waals surface area contributed by atoms with Gasteiger partial charge in [-0.05, 0) is 18.4 Å². The number of carbonyl (C=O) groups is 1. The normalized spacial score (nSPS) is 23.5. The van der Waals surface area contributed by atoms with E-state index in [1.165, 1.54) is 4.88 Å². The van der Waals surface area contributed by atoms with Crippen molar-refractivity contribution in [2.75, 3.05) is 12.3 Å². The second kappa shape index (κ2) is 4.55. The van der Waals surface area contributed by atoms with Crippen LogP contribution in [-0.2, 0) is 4.79 Å². The number of nitrogens with zero attached hydrogens (tertiary/aromatic N) is 1. The van der Waals surface area contributed by atoms with Gasteiger partial charge in [0.1, 0.15) is 5.37 Å². The van der Waals surface area contributed by atoms with Crippen LogP contribution < -0.4 is 0 Å². The van der Waals surface area contributed by atoms with Gasteiger partial charge in [0.2, 0.25) is 5.91 Å². The van der Waals surface area contributed by atoms with Crippen LogP contribution in [0.2, 0.25) is 0 Å². The van der Waals surface area contributed by atoms with E-state index in [4.69, 9.17) is 0 Å². The molecule has 0 bridgehead atoms. The van der Waals surface area contributed by atoms with E-state index >= 15 is 0 Å². The zero-order valence-electron chi connectivity index (χ0n) is 8.42. The number of thioether (sulfide) groups is 1. The molecular weight excluding hydrogens is 230 g/mol. The summed E-state index contributed by atoms with van der Waals surface area (Å²) in [5, 5.41) is 11.5. The first kappa shape index (κ1) is 11.0. The topological polar surface area (TPSA) is 40.5 Å². The minimum Gasteiger partial charge on any atom is -0.392 e. The van der Waals surface area contributed by atoms with Gasteiger partial charge in [0.25, 0.3) is 0 Å². The van der Waals surface area contributed by atoms with Gasteiger partial charge in [0.05, 0.1) is 11.9 Å². The van der Waals surface area contributed by atoms with Crippen molar-refractivity contribution in [3.63, 3.8) is 0 Å². The zero-order chi connectivity index (χ0) is 10.8. The van der Waals surface area contributed by atoms with Crippen LogP contribution in [0.1, 0.15) is 17.2 Å². The molecule has 1 aliphatic rings. The Labute approximate surface area is 97.1 Å². The summed E-state index contributed by atoms with van der Waals surface area (Å²) in [5.41, 5.74) is 0. The number of carbonyl (C=O) groups excluding carboxylic acids is 1. The number of rotatable bonds is 3. The van der Waals surface area contributed by atoms with Crippen LogP contribution in [0.4, 0.5) is 0 Å². The number of β-amino-alcohol motifs (C(OH)–C–C–N with tert-alkyl or cyclic N) is 1. The highest BCUT2D eigenvalue weighted by Gasteiger charge is 2.33. The summed E-state index contributed by atoms with van der Waals surface area (Å²) in [4.78, 5) is 14.6. The third kappa shape index (κ3) is 2.35. The van der Waals surface area contributed by atoms with E-state index in [1.807, 2.05) is 17.5 Å². The van der Waals surface area contributed by atoms with Crippen molar-refractivity contribution in [3.8, 4) is 0 Å². The van der Waals surface area contributed by atoms with E-state index in [0.29, 0.717) is 12.3 Å². The molecule has 0 spiro atoms. The molecule has 0 aliphatic carbocycles. The van der Waals surface area contributed by atoms with E-state index in [2.05, 4.69) is 0 Å². The van der Waals surface area contributed by atoms with Crippen molar-refractivity contribution in [3.05, 3.63) is 22.4 Å². The fraction of sp³-hybridized carbons (Fsp3) is 0.500. The van der Waals surface area contributed by atoms with E-state index in [0.717, 1.165) is 0 Å². The minimum atomic E-state index is -0.463. The Morgan fingerprint density at radius 3 is 3.13 bits per heavy atom. The summed E-state index contributed by atoms with van der Waals surface area (Å²) in [6.07, 6.45) is -0.463. The van der Waals surface area contributed by atoms with Crippen LogP contribution in [0.25, 0.3) is 0 Å². The Kier molecular flexibility index (Phi) is 3.33. The number of thiophene rings is 1. The predicted octanol–water partition coefficient (Wildman–Crippen LogP) is 1.70. The molecule has 15 heavy (non-hydrogen) atoms. The van der Waals surface area contributed by atoms with Gasteiger partial charge in [-0.15, -0.1) is 23.1 Å². The molecule has 1 amide bonds. The summed E-state index contributed by atoms with van der Waals surface area (Å²) in [5.74, 6) is 0.647. The Bertz CT molecular complexity index is 337. The predicted molar refractivity (Wildman–Crippen MR) is 62.9 cm³/mol. The lowest BCUT2D eigenvalue weighted by Gasteiger charge is -2.24. The molecule has 3 nitrogen and oxygen atoms in total. The third-order valence-corrected chi connectivity index (χ3v) is 4.53. The molecule has 82 valence electrons. The Morgan fingerprint density at radius 1 is 1.73 bits per heavy atom. The van der Waals surface area contributed by atoms with Crippen molar-refractivity contribution in [1.29, 1.82) is 0 Å². The SMILES string of the molecule is C[C@@H](O)CN1C(=O)CS[C@H]1c1cccs1. The molecule has 0 radical (unpaired) electrons. The number of hydrogen-bond donors (Lipinski definition) is 1. The van der Waals surface area contributed by atoms with Gasteiger partial charge in [0.15, 0.2) is 0 Å². The summed E-state index contributed by atoms with van der Waals surface area (Å²) < 4.78 is 0. The maximum absolute atomic E-state index is 11.6. The van der Waals surface area contributed by atoms with Crippen molar-refractivity contribution in [1.82, 2.24) is 4.90 Å². The molecule has 0 unspecified atom stereocenters. The van der Waals surface area contributed by atoms with Crippen LogP contribution in [-0.4, -0.2) is 34.3 Å². The van der Waals surface area contributed by atoms with Crippen LogP contribution in [0.5, 0.6) is 0 Å². The molecule has 1 N–H and O–H groups in total. The Balaban J connectivity index is 2.14. The largest absolute Gasteiger partial charge is 0.392 e. The van der Waals surface area contributed by atoms with Crippen molar-refractivity contribution >= 4 is 29.0 Å². The lowest BCUT2D eigenvalue weighted by atomic mass is 10.3. The maximum Gasteiger partial charge on any atom is 0.233 e. The summed E-state index contributed by atoms with van der Waals surface area (Å²) in [6.45, 7) is 2.14. The first-order valence-corrected chi connectivity index (χ1v) is 6.74. The van der Waals surface area contributed by atoms with E-state index < -0.39 is 6.10 Å². The van der Waals surface area contributed by atoms with Crippen LogP contribution in [0.3, 0.4) is 0 Å². The molecule has 2 heterocycles. The molecule has 1 saturated heterocycles. The van der Waals surface area contributed by atoms with Crippen molar-refractivity contribution < 1.29 is 9.90 Å². The average Bonchev–Trinajstić information content (AvgIpc) is 2.76. The summed E-state index contributed by atoms with van der Waals surface area (Å²) in [7, 11) is 0. The minimum absolute atomic E-state index is 0.104. The molecule has 0 aromatic carbocycles. The molecule has 2 rings (SSSR count). The summed E-state index contributed by atoms with van der Waals surface area (Å²) in [6, 6.07) is 4.03. The quantitative estimate of drug-likeness (QED) is 0.878. The Hall–Kier alpha value is -0.520. The molecule has 1 fully saturated rings. The standard InChI is InChI=1S/C10H13NO2S2/c1-7(12)5-11-9(13)6-15-10(11)8-3-2-4-14-8/h2-4,7,10,12H,5-6H2,1H3/t7-,10+/m1/s1. The lowest BCUT2D eigenvalue weighted by molar-refractivity contribution is -0.129. The third-order valence-electron chi connectivity index (χ3n) is 2.22. The van der Waals surface area contributed by atoms with E-state index in [9.17, 15) is 9.90 Å². The average molecular weight is 243 g/mol. The van der Waals surface area contributed by atoms with Gasteiger partial charge in [-0.2, -0.15) is 0 Å². The lowest BCUT2D eigenvalue weighted by Crippen LogP contribution is -2.34. The van der Waals surface area contributed by atoms with Gasteiger partial charge in [-0.25, -0.2) is 0 Å². The van der Waals surface area contributed by atoms with Gasteiger partial charge in [-0.1, -0.05) is 6.07 Å². The van der Waals surface area contributed by atoms with E-state index in [1.54, 1.807) is 34.9 Å². The zero-order valence-corrected chi connectivity index (χ0v) is 10.1. The molecule has 5 heteroatoms. The van der Waals surface area contributed by atoms with Crippen LogP contribution in [0, 0.1) is 0 Å². The smallest absolute Gasteiger partial charge is 0.233 e. The van der Waals surface area contributed by atoms with Gasteiger partial charge >= 0.3 is 0 Å². The molecule has 1 aromatic heterocycles. The molecule has 1 aromatic rings. The van der Waals surface area contributed by atoms with Gasteiger partial charge in [0, 0.05) is 11.4 Å². The highest BCUT2D eigenvalue weighted by atomic mass is 32.2. The molecular formula is C10H13NO2S2. The fourth-order valence-electron chi connectivity index (χ4n) is 1.60. The van der Waals surface area contributed by atoms with E-state index in [-0.39, 0.29) is 11.3 Å². The Morgan fingerprint density at radius 2 is 2.53 bits per heavy atom. The second-order valence-electron chi connectivity index (χ2n) is 3.57. The van der Waals surface area contributed by atoms with Crippen molar-refractivity contribution in [2.45, 2.75) is 18.4 Å². The fourth-order valence-corrected chi connectivity index (χ4v) is 3.78. The monoisotopic (exact) mass is 243 g/mol. The number of amides is 1. The van der Waals surface area contributed by atoms with Gasteiger partial charge < -0.3 is 10.0 Å². The number of aliphatic hydroxyl groups is 1. The molecule has 2 atom stereocenters. The summed E-state index contributed by atoms with van der Waals surface area (Å²) >= 11 is 3.29. The highest BCUT2D eigenvalue weighted by Crippen LogP contribution is 2.40. The van der Waals surface area contributed by atoms with Gasteiger partial charge in [-0.3, -0.25) is 4.79 Å². The van der Waals surface area contributed by atoms with Crippen LogP contribution >= 0.6 is 23.1 Å². The second-order valence-corrected chi connectivity index (χ2v) is 5.62. The highest BCUT2D eigenvalue weighted by molar-refractivity contribution is 8.00. The van der Waals surface area contributed by atoms with Crippen LogP contribution in [0.15, 0.2) is 17.5 Å². The maximum atomic E-state index is 11.6. The molecule has 1 aliphatic heterocycles. The van der Waals surface area contributed by atoms with Crippen molar-refractivity contribution in [2.24, 2.45) is 0 Å². The first-order valence-electron chi connectivity index (χ1n) is 4.81.